The van der Waals surface area contributed by atoms with Crippen LogP contribution >= 0.6 is 0 Å². The van der Waals surface area contributed by atoms with Gasteiger partial charge in [0.25, 0.3) is 0 Å². The second-order valence-corrected chi connectivity index (χ2v) is 7.92. The molecule has 0 saturated heterocycles. The number of pyridine rings is 1. The van der Waals surface area contributed by atoms with E-state index in [2.05, 4.69) is 4.98 Å². The first-order chi connectivity index (χ1) is 17.9. The maximum atomic E-state index is 14.9. The van der Waals surface area contributed by atoms with Crippen LogP contribution in [0.4, 0.5) is 4.39 Å². The SMILES string of the molecule is CC.CCOC(=O)Cc1ccc(OC)cc1OCc1c(C)oc2ccc(-c3ccnc(CN)c3F)cc12. The van der Waals surface area contributed by atoms with Crippen molar-refractivity contribution in [2.45, 2.75) is 47.3 Å². The number of carbonyl (C=O) groups excluding carboxylic acids is 1. The molecular formula is C29H33FN2O5. The van der Waals surface area contributed by atoms with Crippen molar-refractivity contribution < 1.29 is 27.8 Å². The first-order valence-corrected chi connectivity index (χ1v) is 12.3. The lowest BCUT2D eigenvalue weighted by Crippen LogP contribution is -2.09. The molecule has 196 valence electrons. The minimum atomic E-state index is -0.438. The average molecular weight is 509 g/mol. The van der Waals surface area contributed by atoms with Gasteiger partial charge in [0.2, 0.25) is 0 Å². The van der Waals surface area contributed by atoms with E-state index in [-0.39, 0.29) is 31.2 Å². The lowest BCUT2D eigenvalue weighted by molar-refractivity contribution is -0.142. The van der Waals surface area contributed by atoms with Crippen LogP contribution in [0, 0.1) is 12.7 Å². The Balaban J connectivity index is 0.00000186. The van der Waals surface area contributed by atoms with Crippen LogP contribution in [0.2, 0.25) is 0 Å². The Hall–Kier alpha value is -3.91. The van der Waals surface area contributed by atoms with Crippen LogP contribution in [0.25, 0.3) is 22.1 Å². The molecule has 4 rings (SSSR count). The molecule has 0 aliphatic rings. The molecule has 2 aromatic heterocycles. The van der Waals surface area contributed by atoms with E-state index >= 15 is 0 Å². The third-order valence-electron chi connectivity index (χ3n) is 5.74. The summed E-state index contributed by atoms with van der Waals surface area (Å²) in [5, 5.41) is 0.806. The van der Waals surface area contributed by atoms with Crippen molar-refractivity contribution in [3.05, 3.63) is 77.1 Å². The molecule has 7 nitrogen and oxygen atoms in total. The number of halogens is 1. The van der Waals surface area contributed by atoms with E-state index < -0.39 is 5.82 Å². The summed E-state index contributed by atoms with van der Waals surface area (Å²) in [7, 11) is 1.56. The van der Waals surface area contributed by atoms with E-state index in [1.165, 1.54) is 0 Å². The summed E-state index contributed by atoms with van der Waals surface area (Å²) in [5.74, 6) is 1.02. The molecule has 2 N–H and O–H groups in total. The molecule has 0 saturated carbocycles. The van der Waals surface area contributed by atoms with Gasteiger partial charge in [0.15, 0.2) is 5.82 Å². The number of furan rings is 1. The molecule has 2 heterocycles. The third kappa shape index (κ3) is 6.27. The first kappa shape index (κ1) is 27.7. The number of rotatable bonds is 9. The standard InChI is InChI=1S/C27H27FN2O5.C2H6/c1-4-33-26(31)12-18-5-7-19(32-3)13-25(18)34-15-22-16(2)35-24-8-6-17(11-21(22)24)20-9-10-30-23(14-29)27(20)28;1-2/h5-11,13H,4,12,14-15,29H2,1-3H3;1-2H3. The van der Waals surface area contributed by atoms with E-state index in [1.54, 1.807) is 56.6 Å². The highest BCUT2D eigenvalue weighted by Crippen LogP contribution is 2.33. The molecule has 2 aromatic carbocycles. The smallest absolute Gasteiger partial charge is 0.310 e. The maximum absolute atomic E-state index is 14.9. The van der Waals surface area contributed by atoms with Gasteiger partial charge in [-0.15, -0.1) is 0 Å². The average Bonchev–Trinajstić information content (AvgIpc) is 3.23. The van der Waals surface area contributed by atoms with E-state index in [0.29, 0.717) is 46.1 Å². The minimum absolute atomic E-state index is 0.0144. The fourth-order valence-corrected chi connectivity index (χ4v) is 3.93. The summed E-state index contributed by atoms with van der Waals surface area (Å²) >= 11 is 0. The van der Waals surface area contributed by atoms with Gasteiger partial charge in [-0.25, -0.2) is 4.39 Å². The van der Waals surface area contributed by atoms with Crippen molar-refractivity contribution in [2.24, 2.45) is 5.73 Å². The maximum Gasteiger partial charge on any atom is 0.310 e. The Morgan fingerprint density at radius 2 is 1.92 bits per heavy atom. The van der Waals surface area contributed by atoms with Gasteiger partial charge in [0.1, 0.15) is 29.4 Å². The number of aromatic nitrogens is 1. The van der Waals surface area contributed by atoms with E-state index in [9.17, 15) is 9.18 Å². The van der Waals surface area contributed by atoms with Crippen molar-refractivity contribution in [1.82, 2.24) is 4.98 Å². The number of hydrogen-bond donors (Lipinski definition) is 1. The van der Waals surface area contributed by atoms with Gasteiger partial charge in [-0.05, 0) is 43.7 Å². The van der Waals surface area contributed by atoms with Gasteiger partial charge in [0, 0.05) is 40.9 Å². The molecule has 0 spiro atoms. The predicted molar refractivity (Wildman–Crippen MR) is 141 cm³/mol. The molecule has 0 aliphatic heterocycles. The molecule has 0 radical (unpaired) electrons. The Kier molecular flexibility index (Phi) is 9.63. The highest BCUT2D eigenvalue weighted by molar-refractivity contribution is 5.87. The summed E-state index contributed by atoms with van der Waals surface area (Å²) in [6.45, 7) is 8.11. The zero-order chi connectivity index (χ0) is 26.9. The summed E-state index contributed by atoms with van der Waals surface area (Å²) < 4.78 is 37.3. The number of nitrogens with two attached hydrogens (primary N) is 1. The molecule has 0 atom stereocenters. The highest BCUT2D eigenvalue weighted by Gasteiger charge is 2.17. The fraction of sp³-hybridized carbons (Fsp3) is 0.310. The highest BCUT2D eigenvalue weighted by atomic mass is 19.1. The monoisotopic (exact) mass is 508 g/mol. The number of aryl methyl sites for hydroxylation is 1. The number of benzene rings is 2. The summed E-state index contributed by atoms with van der Waals surface area (Å²) in [6.07, 6.45) is 1.62. The topological polar surface area (TPSA) is 96.8 Å². The van der Waals surface area contributed by atoms with Crippen LogP contribution in [-0.4, -0.2) is 24.7 Å². The molecule has 0 unspecified atom stereocenters. The summed E-state index contributed by atoms with van der Waals surface area (Å²) in [5.41, 5.74) is 9.09. The van der Waals surface area contributed by atoms with Gasteiger partial charge >= 0.3 is 5.97 Å². The van der Waals surface area contributed by atoms with E-state index in [0.717, 1.165) is 10.9 Å². The molecule has 0 aliphatic carbocycles. The normalized spacial score (nSPS) is 10.6. The van der Waals surface area contributed by atoms with E-state index in [1.807, 2.05) is 26.8 Å². The van der Waals surface area contributed by atoms with Crippen LogP contribution in [0.1, 0.15) is 43.4 Å². The van der Waals surface area contributed by atoms with Gasteiger partial charge in [-0.1, -0.05) is 26.0 Å². The second-order valence-electron chi connectivity index (χ2n) is 7.92. The Labute approximate surface area is 216 Å². The number of fused-ring (bicyclic) bond motifs is 1. The Morgan fingerprint density at radius 1 is 1.14 bits per heavy atom. The summed E-state index contributed by atoms with van der Waals surface area (Å²) in [4.78, 5) is 16.1. The Morgan fingerprint density at radius 3 is 2.62 bits per heavy atom. The van der Waals surface area contributed by atoms with E-state index in [4.69, 9.17) is 24.4 Å². The van der Waals surface area contributed by atoms with Crippen LogP contribution in [-0.2, 0) is 29.1 Å². The first-order valence-electron chi connectivity index (χ1n) is 12.3. The number of hydrogen-bond acceptors (Lipinski definition) is 7. The van der Waals surface area contributed by atoms with Crippen molar-refractivity contribution >= 4 is 16.9 Å². The molecule has 37 heavy (non-hydrogen) atoms. The largest absolute Gasteiger partial charge is 0.497 e. The van der Waals surface area contributed by atoms with Crippen LogP contribution in [0.3, 0.4) is 0 Å². The second kappa shape index (κ2) is 12.9. The zero-order valence-corrected chi connectivity index (χ0v) is 21.9. The van der Waals surface area contributed by atoms with Gasteiger partial charge in [0.05, 0.1) is 25.8 Å². The lowest BCUT2D eigenvalue weighted by atomic mass is 10.0. The molecule has 0 bridgehead atoms. The van der Waals surface area contributed by atoms with Crippen molar-refractivity contribution in [3.8, 4) is 22.6 Å². The predicted octanol–water partition coefficient (Wildman–Crippen LogP) is 6.12. The molecular weight excluding hydrogens is 475 g/mol. The summed E-state index contributed by atoms with van der Waals surface area (Å²) in [6, 6.07) is 12.4. The minimum Gasteiger partial charge on any atom is -0.497 e. The third-order valence-corrected chi connectivity index (χ3v) is 5.74. The molecule has 0 amide bonds. The number of ether oxygens (including phenoxy) is 3. The number of nitrogens with zero attached hydrogens (tertiary/aromatic N) is 1. The fourth-order valence-electron chi connectivity index (χ4n) is 3.93. The van der Waals surface area contributed by atoms with Crippen LogP contribution in [0.5, 0.6) is 11.5 Å². The van der Waals surface area contributed by atoms with Gasteiger partial charge in [-0.3, -0.25) is 9.78 Å². The van der Waals surface area contributed by atoms with Crippen molar-refractivity contribution in [1.29, 1.82) is 0 Å². The van der Waals surface area contributed by atoms with Gasteiger partial charge in [-0.2, -0.15) is 0 Å². The number of carbonyl (C=O) groups is 1. The molecule has 0 fully saturated rings. The molecule has 8 heteroatoms. The lowest BCUT2D eigenvalue weighted by Gasteiger charge is -2.13. The van der Waals surface area contributed by atoms with Crippen molar-refractivity contribution in [3.63, 3.8) is 0 Å². The quantitative estimate of drug-likeness (QED) is 0.272. The zero-order valence-electron chi connectivity index (χ0n) is 21.9. The van der Waals surface area contributed by atoms with Crippen molar-refractivity contribution in [2.75, 3.05) is 13.7 Å². The molecule has 4 aromatic rings. The van der Waals surface area contributed by atoms with Crippen LogP contribution in [0.15, 0.2) is 53.1 Å². The van der Waals surface area contributed by atoms with Crippen LogP contribution < -0.4 is 15.2 Å². The number of esters is 1. The number of methoxy groups -OCH3 is 1. The van der Waals surface area contributed by atoms with Gasteiger partial charge < -0.3 is 24.4 Å². The Bertz CT molecular complexity index is 1370.